The molecule has 1 aliphatic heterocycles. The lowest BCUT2D eigenvalue weighted by atomic mass is 10.1. The van der Waals surface area contributed by atoms with Gasteiger partial charge in [0.1, 0.15) is 0 Å². The van der Waals surface area contributed by atoms with Crippen LogP contribution in [0.2, 0.25) is 5.02 Å². The van der Waals surface area contributed by atoms with Crippen LogP contribution in [0.3, 0.4) is 0 Å². The lowest BCUT2D eigenvalue weighted by Gasteiger charge is -2.15. The molecule has 1 aromatic heterocycles. The average Bonchev–Trinajstić information content (AvgIpc) is 2.92. The standard InChI is InChI=1S/C16H20ClN3/c1-2-20-8-6-12(11-20)10-19-15-5-7-18-16-9-13(17)3-4-14(15)16/h3-5,7,9,12H,2,6,8,10-11H2,1H3,(H,18,19). The molecule has 1 aromatic carbocycles. The number of rotatable bonds is 4. The fourth-order valence-corrected chi connectivity index (χ4v) is 3.06. The van der Waals surface area contributed by atoms with Crippen LogP contribution in [-0.4, -0.2) is 36.1 Å². The van der Waals surface area contributed by atoms with Gasteiger partial charge in [-0.1, -0.05) is 18.5 Å². The number of fused-ring (bicyclic) bond motifs is 1. The number of hydrogen-bond donors (Lipinski definition) is 1. The molecule has 106 valence electrons. The zero-order chi connectivity index (χ0) is 13.9. The number of aromatic nitrogens is 1. The first kappa shape index (κ1) is 13.7. The van der Waals surface area contributed by atoms with E-state index in [1.165, 1.54) is 19.5 Å². The third kappa shape index (κ3) is 2.89. The van der Waals surface area contributed by atoms with Crippen molar-refractivity contribution in [2.75, 3.05) is 31.5 Å². The van der Waals surface area contributed by atoms with Gasteiger partial charge >= 0.3 is 0 Å². The van der Waals surface area contributed by atoms with Crippen LogP contribution in [0, 0.1) is 5.92 Å². The first-order chi connectivity index (χ1) is 9.76. The van der Waals surface area contributed by atoms with E-state index in [1.807, 2.05) is 30.5 Å². The average molecular weight is 290 g/mol. The van der Waals surface area contributed by atoms with Gasteiger partial charge in [0, 0.05) is 35.4 Å². The summed E-state index contributed by atoms with van der Waals surface area (Å²) < 4.78 is 0. The smallest absolute Gasteiger partial charge is 0.0737 e. The fourth-order valence-electron chi connectivity index (χ4n) is 2.90. The second kappa shape index (κ2) is 5.98. The third-order valence-electron chi connectivity index (χ3n) is 4.10. The zero-order valence-electron chi connectivity index (χ0n) is 11.8. The molecule has 0 radical (unpaired) electrons. The number of hydrogen-bond acceptors (Lipinski definition) is 3. The maximum Gasteiger partial charge on any atom is 0.0737 e. The minimum atomic E-state index is 0.733. The number of benzene rings is 1. The van der Waals surface area contributed by atoms with E-state index >= 15 is 0 Å². The summed E-state index contributed by atoms with van der Waals surface area (Å²) in [5, 5.41) is 5.46. The highest BCUT2D eigenvalue weighted by molar-refractivity contribution is 6.31. The van der Waals surface area contributed by atoms with Crippen molar-refractivity contribution >= 4 is 28.2 Å². The van der Waals surface area contributed by atoms with Gasteiger partial charge in [-0.05, 0) is 49.7 Å². The van der Waals surface area contributed by atoms with Gasteiger partial charge in [-0.25, -0.2) is 0 Å². The lowest BCUT2D eigenvalue weighted by molar-refractivity contribution is 0.345. The Balaban J connectivity index is 1.72. The molecule has 1 unspecified atom stereocenters. The van der Waals surface area contributed by atoms with E-state index in [2.05, 4.69) is 22.1 Å². The Kier molecular flexibility index (Phi) is 4.08. The Morgan fingerprint density at radius 2 is 2.30 bits per heavy atom. The van der Waals surface area contributed by atoms with Crippen LogP contribution in [0.1, 0.15) is 13.3 Å². The Morgan fingerprint density at radius 3 is 3.10 bits per heavy atom. The van der Waals surface area contributed by atoms with Crippen LogP contribution >= 0.6 is 11.6 Å². The van der Waals surface area contributed by atoms with E-state index in [0.717, 1.165) is 40.6 Å². The first-order valence-corrected chi connectivity index (χ1v) is 7.64. The molecule has 2 heterocycles. The minimum absolute atomic E-state index is 0.733. The van der Waals surface area contributed by atoms with Crippen LogP contribution in [0.15, 0.2) is 30.5 Å². The van der Waals surface area contributed by atoms with Gasteiger partial charge in [-0.15, -0.1) is 0 Å². The molecule has 1 fully saturated rings. The monoisotopic (exact) mass is 289 g/mol. The van der Waals surface area contributed by atoms with E-state index in [-0.39, 0.29) is 0 Å². The number of nitrogens with one attached hydrogen (secondary N) is 1. The molecule has 1 saturated heterocycles. The van der Waals surface area contributed by atoms with Crippen LogP contribution in [-0.2, 0) is 0 Å². The lowest BCUT2D eigenvalue weighted by Crippen LogP contribution is -2.22. The normalized spacial score (nSPS) is 19.6. The maximum absolute atomic E-state index is 6.02. The van der Waals surface area contributed by atoms with Gasteiger partial charge < -0.3 is 10.2 Å². The molecule has 1 N–H and O–H groups in total. The summed E-state index contributed by atoms with van der Waals surface area (Å²) in [5.74, 6) is 0.741. The Hall–Kier alpha value is -1.32. The van der Waals surface area contributed by atoms with Crippen molar-refractivity contribution < 1.29 is 0 Å². The number of halogens is 1. The first-order valence-electron chi connectivity index (χ1n) is 7.26. The van der Waals surface area contributed by atoms with E-state index in [4.69, 9.17) is 11.6 Å². The molecule has 1 atom stereocenters. The minimum Gasteiger partial charge on any atom is -0.384 e. The topological polar surface area (TPSA) is 28.2 Å². The quantitative estimate of drug-likeness (QED) is 0.931. The second-order valence-corrected chi connectivity index (χ2v) is 5.89. The molecular formula is C16H20ClN3. The van der Waals surface area contributed by atoms with Crippen molar-refractivity contribution in [2.45, 2.75) is 13.3 Å². The van der Waals surface area contributed by atoms with Crippen LogP contribution in [0.5, 0.6) is 0 Å². The molecule has 0 spiro atoms. The zero-order valence-corrected chi connectivity index (χ0v) is 12.5. The van der Waals surface area contributed by atoms with Crippen molar-refractivity contribution in [3.05, 3.63) is 35.5 Å². The summed E-state index contributed by atoms with van der Waals surface area (Å²) in [6.07, 6.45) is 3.13. The molecule has 0 amide bonds. The molecule has 1 aliphatic rings. The van der Waals surface area contributed by atoms with Gasteiger partial charge in [-0.3, -0.25) is 4.98 Å². The number of likely N-dealkylation sites (tertiary alicyclic amines) is 1. The predicted octanol–water partition coefficient (Wildman–Crippen LogP) is 3.64. The Morgan fingerprint density at radius 1 is 1.40 bits per heavy atom. The number of anilines is 1. The van der Waals surface area contributed by atoms with Crippen molar-refractivity contribution in [1.29, 1.82) is 0 Å². The van der Waals surface area contributed by atoms with E-state index in [1.54, 1.807) is 0 Å². The number of nitrogens with zero attached hydrogens (tertiary/aromatic N) is 2. The molecule has 20 heavy (non-hydrogen) atoms. The molecule has 3 nitrogen and oxygen atoms in total. The molecule has 0 aliphatic carbocycles. The summed E-state index contributed by atoms with van der Waals surface area (Å²) in [6.45, 7) is 6.86. The highest BCUT2D eigenvalue weighted by Gasteiger charge is 2.20. The van der Waals surface area contributed by atoms with E-state index < -0.39 is 0 Å². The van der Waals surface area contributed by atoms with Gasteiger partial charge in [0.05, 0.1) is 5.52 Å². The van der Waals surface area contributed by atoms with Crippen molar-refractivity contribution in [3.8, 4) is 0 Å². The molecule has 4 heteroatoms. The largest absolute Gasteiger partial charge is 0.384 e. The summed E-state index contributed by atoms with van der Waals surface area (Å²) in [5.41, 5.74) is 2.10. The molecule has 0 saturated carbocycles. The van der Waals surface area contributed by atoms with Gasteiger partial charge in [-0.2, -0.15) is 0 Å². The summed E-state index contributed by atoms with van der Waals surface area (Å²) in [4.78, 5) is 6.89. The van der Waals surface area contributed by atoms with E-state index in [0.29, 0.717) is 0 Å². The van der Waals surface area contributed by atoms with Crippen LogP contribution in [0.25, 0.3) is 10.9 Å². The van der Waals surface area contributed by atoms with Crippen molar-refractivity contribution in [3.63, 3.8) is 0 Å². The fraction of sp³-hybridized carbons (Fsp3) is 0.438. The second-order valence-electron chi connectivity index (χ2n) is 5.45. The van der Waals surface area contributed by atoms with Gasteiger partial charge in [0.15, 0.2) is 0 Å². The molecule has 0 bridgehead atoms. The molecule has 2 aromatic rings. The van der Waals surface area contributed by atoms with Crippen LogP contribution < -0.4 is 5.32 Å². The summed E-state index contributed by atoms with van der Waals surface area (Å²) >= 11 is 6.02. The summed E-state index contributed by atoms with van der Waals surface area (Å²) in [6, 6.07) is 7.92. The molecular weight excluding hydrogens is 270 g/mol. The van der Waals surface area contributed by atoms with Crippen LogP contribution in [0.4, 0.5) is 5.69 Å². The van der Waals surface area contributed by atoms with Crippen molar-refractivity contribution in [2.24, 2.45) is 5.92 Å². The SMILES string of the molecule is CCN1CCC(CNc2ccnc3cc(Cl)ccc23)C1. The highest BCUT2D eigenvalue weighted by atomic mass is 35.5. The number of pyridine rings is 1. The Labute approximate surface area is 124 Å². The molecule has 3 rings (SSSR count). The van der Waals surface area contributed by atoms with Crippen molar-refractivity contribution in [1.82, 2.24) is 9.88 Å². The predicted molar refractivity (Wildman–Crippen MR) is 85.5 cm³/mol. The Bertz CT molecular complexity index is 599. The highest BCUT2D eigenvalue weighted by Crippen LogP contribution is 2.25. The summed E-state index contributed by atoms with van der Waals surface area (Å²) in [7, 11) is 0. The van der Waals surface area contributed by atoms with E-state index in [9.17, 15) is 0 Å². The van der Waals surface area contributed by atoms with Gasteiger partial charge in [0.25, 0.3) is 0 Å². The third-order valence-corrected chi connectivity index (χ3v) is 4.34. The van der Waals surface area contributed by atoms with Gasteiger partial charge in [0.2, 0.25) is 0 Å². The maximum atomic E-state index is 6.02.